The Morgan fingerprint density at radius 3 is 2.64 bits per heavy atom. The van der Waals surface area contributed by atoms with Crippen LogP contribution in [0.1, 0.15) is 5.56 Å². The molecule has 0 radical (unpaired) electrons. The van der Waals surface area contributed by atoms with Gasteiger partial charge in [-0.05, 0) is 34.5 Å². The highest BCUT2D eigenvalue weighted by molar-refractivity contribution is 6.10. The molecule has 0 saturated carbocycles. The predicted molar refractivity (Wildman–Crippen MR) is 99.2 cm³/mol. The van der Waals surface area contributed by atoms with Crippen LogP contribution in [0.15, 0.2) is 72.3 Å². The SMILES string of the molecule is COc1cccc(NC(=O)/C(C#N)=C/c2cccc3ccccc23)c1. The van der Waals surface area contributed by atoms with Gasteiger partial charge in [-0.1, -0.05) is 48.5 Å². The van der Waals surface area contributed by atoms with Gasteiger partial charge in [-0.2, -0.15) is 5.26 Å². The summed E-state index contributed by atoms with van der Waals surface area (Å²) in [5, 5.41) is 14.2. The van der Waals surface area contributed by atoms with Crippen LogP contribution in [0.5, 0.6) is 5.75 Å². The summed E-state index contributed by atoms with van der Waals surface area (Å²) in [6, 6.07) is 22.6. The van der Waals surface area contributed by atoms with Gasteiger partial charge in [-0.25, -0.2) is 0 Å². The molecule has 3 rings (SSSR count). The van der Waals surface area contributed by atoms with Gasteiger partial charge in [0, 0.05) is 11.8 Å². The molecule has 1 amide bonds. The molecule has 0 unspecified atom stereocenters. The molecular formula is C21H16N2O2. The Balaban J connectivity index is 1.92. The van der Waals surface area contributed by atoms with Gasteiger partial charge in [0.1, 0.15) is 17.4 Å². The van der Waals surface area contributed by atoms with Gasteiger partial charge in [-0.15, -0.1) is 0 Å². The zero-order valence-corrected chi connectivity index (χ0v) is 13.7. The highest BCUT2D eigenvalue weighted by atomic mass is 16.5. The molecule has 3 aromatic rings. The van der Waals surface area contributed by atoms with Crippen LogP contribution < -0.4 is 10.1 Å². The summed E-state index contributed by atoms with van der Waals surface area (Å²) < 4.78 is 5.14. The average molecular weight is 328 g/mol. The minimum atomic E-state index is -0.455. The molecular weight excluding hydrogens is 312 g/mol. The van der Waals surface area contributed by atoms with Crippen molar-refractivity contribution >= 4 is 28.4 Å². The topological polar surface area (TPSA) is 62.1 Å². The third kappa shape index (κ3) is 3.67. The van der Waals surface area contributed by atoms with E-state index in [-0.39, 0.29) is 5.57 Å². The lowest BCUT2D eigenvalue weighted by Gasteiger charge is -2.07. The minimum Gasteiger partial charge on any atom is -0.497 e. The number of carbonyl (C=O) groups is 1. The molecule has 1 N–H and O–H groups in total. The van der Waals surface area contributed by atoms with Gasteiger partial charge in [0.05, 0.1) is 7.11 Å². The molecule has 0 fully saturated rings. The molecule has 0 aliphatic carbocycles. The van der Waals surface area contributed by atoms with Gasteiger partial charge >= 0.3 is 0 Å². The van der Waals surface area contributed by atoms with Crippen molar-refractivity contribution in [2.24, 2.45) is 0 Å². The maximum Gasteiger partial charge on any atom is 0.266 e. The van der Waals surface area contributed by atoms with Crippen LogP contribution in [0.2, 0.25) is 0 Å². The summed E-state index contributed by atoms with van der Waals surface area (Å²) in [5.74, 6) is 0.179. The Morgan fingerprint density at radius 2 is 1.84 bits per heavy atom. The number of nitrogens with one attached hydrogen (secondary N) is 1. The standard InChI is InChI=1S/C21H16N2O2/c1-25-19-10-5-9-18(13-19)23-21(24)17(14-22)12-16-8-4-7-15-6-2-3-11-20(15)16/h2-13H,1H3,(H,23,24)/b17-12+. The molecule has 0 saturated heterocycles. The Bertz CT molecular complexity index is 995. The smallest absolute Gasteiger partial charge is 0.266 e. The molecule has 25 heavy (non-hydrogen) atoms. The van der Waals surface area contributed by atoms with Crippen molar-refractivity contribution in [3.63, 3.8) is 0 Å². The lowest BCUT2D eigenvalue weighted by atomic mass is 10.0. The first-order valence-corrected chi connectivity index (χ1v) is 7.76. The van der Waals surface area contributed by atoms with E-state index in [4.69, 9.17) is 4.74 Å². The van der Waals surface area contributed by atoms with Crippen LogP contribution in [-0.4, -0.2) is 13.0 Å². The minimum absolute atomic E-state index is 0.0409. The number of ether oxygens (including phenoxy) is 1. The van der Waals surface area contributed by atoms with E-state index < -0.39 is 5.91 Å². The number of carbonyl (C=O) groups excluding carboxylic acids is 1. The maximum atomic E-state index is 12.4. The van der Waals surface area contributed by atoms with Crippen LogP contribution in [0.4, 0.5) is 5.69 Å². The van der Waals surface area contributed by atoms with Crippen molar-refractivity contribution in [1.29, 1.82) is 5.26 Å². The van der Waals surface area contributed by atoms with Gasteiger partial charge in [0.25, 0.3) is 5.91 Å². The summed E-state index contributed by atoms with van der Waals surface area (Å²) in [5.41, 5.74) is 1.44. The van der Waals surface area contributed by atoms with Crippen LogP contribution in [-0.2, 0) is 4.79 Å². The van der Waals surface area contributed by atoms with Gasteiger partial charge in [-0.3, -0.25) is 4.79 Å². The fraction of sp³-hybridized carbons (Fsp3) is 0.0476. The molecule has 0 aromatic heterocycles. The number of anilines is 1. The lowest BCUT2D eigenvalue weighted by Crippen LogP contribution is -2.13. The second-order valence-corrected chi connectivity index (χ2v) is 5.42. The lowest BCUT2D eigenvalue weighted by molar-refractivity contribution is -0.112. The van der Waals surface area contributed by atoms with Crippen molar-refractivity contribution in [2.75, 3.05) is 12.4 Å². The summed E-state index contributed by atoms with van der Waals surface area (Å²) in [6.45, 7) is 0. The number of fused-ring (bicyclic) bond motifs is 1. The van der Waals surface area contributed by atoms with Crippen LogP contribution in [0, 0.1) is 11.3 Å². The molecule has 3 aromatic carbocycles. The second kappa shape index (κ2) is 7.33. The molecule has 0 spiro atoms. The summed E-state index contributed by atoms with van der Waals surface area (Å²) >= 11 is 0. The highest BCUT2D eigenvalue weighted by Crippen LogP contribution is 2.22. The quantitative estimate of drug-likeness (QED) is 0.570. The summed E-state index contributed by atoms with van der Waals surface area (Å²) in [7, 11) is 1.56. The van der Waals surface area contributed by atoms with Gasteiger partial charge < -0.3 is 10.1 Å². The number of amides is 1. The zero-order chi connectivity index (χ0) is 17.6. The highest BCUT2D eigenvalue weighted by Gasteiger charge is 2.11. The van der Waals surface area contributed by atoms with Crippen LogP contribution in [0.25, 0.3) is 16.8 Å². The number of benzene rings is 3. The van der Waals surface area contributed by atoms with E-state index in [2.05, 4.69) is 5.32 Å². The Labute approximate surface area is 146 Å². The maximum absolute atomic E-state index is 12.4. The predicted octanol–water partition coefficient (Wildman–Crippen LogP) is 4.39. The Hall–Kier alpha value is -3.58. The number of methoxy groups -OCH3 is 1. The zero-order valence-electron chi connectivity index (χ0n) is 13.7. The van der Waals surface area contributed by atoms with E-state index >= 15 is 0 Å². The summed E-state index contributed by atoms with van der Waals surface area (Å²) in [4.78, 5) is 12.4. The van der Waals surface area contributed by atoms with Gasteiger partial charge in [0.15, 0.2) is 0 Å². The molecule has 0 aliphatic rings. The number of hydrogen-bond donors (Lipinski definition) is 1. The first kappa shape index (κ1) is 16.3. The van der Waals surface area contributed by atoms with Crippen LogP contribution in [0.3, 0.4) is 0 Å². The largest absolute Gasteiger partial charge is 0.497 e. The molecule has 0 bridgehead atoms. The van der Waals surface area contributed by atoms with E-state index in [0.29, 0.717) is 11.4 Å². The first-order valence-electron chi connectivity index (χ1n) is 7.76. The number of nitriles is 1. The van der Waals surface area contributed by atoms with Crippen molar-refractivity contribution in [3.05, 3.63) is 77.9 Å². The van der Waals surface area contributed by atoms with E-state index in [1.54, 1.807) is 37.5 Å². The number of rotatable bonds is 4. The molecule has 4 nitrogen and oxygen atoms in total. The second-order valence-electron chi connectivity index (χ2n) is 5.42. The number of hydrogen-bond acceptors (Lipinski definition) is 3. The first-order chi connectivity index (χ1) is 12.2. The Kier molecular flexibility index (Phi) is 4.77. The average Bonchev–Trinajstić information content (AvgIpc) is 2.66. The van der Waals surface area contributed by atoms with E-state index in [0.717, 1.165) is 16.3 Å². The monoisotopic (exact) mass is 328 g/mol. The van der Waals surface area contributed by atoms with Crippen molar-refractivity contribution in [1.82, 2.24) is 0 Å². The van der Waals surface area contributed by atoms with E-state index in [1.165, 1.54) is 0 Å². The molecule has 0 aliphatic heterocycles. The van der Waals surface area contributed by atoms with Gasteiger partial charge in [0.2, 0.25) is 0 Å². The summed E-state index contributed by atoms with van der Waals surface area (Å²) in [6.07, 6.45) is 1.61. The van der Waals surface area contributed by atoms with Crippen molar-refractivity contribution < 1.29 is 9.53 Å². The molecule has 4 heteroatoms. The fourth-order valence-electron chi connectivity index (χ4n) is 2.58. The fourth-order valence-corrected chi connectivity index (χ4v) is 2.58. The Morgan fingerprint density at radius 1 is 1.08 bits per heavy atom. The van der Waals surface area contributed by atoms with Crippen molar-refractivity contribution in [3.8, 4) is 11.8 Å². The number of nitrogens with zero attached hydrogens (tertiary/aromatic N) is 1. The van der Waals surface area contributed by atoms with Crippen LogP contribution >= 0.6 is 0 Å². The van der Waals surface area contributed by atoms with E-state index in [1.807, 2.05) is 48.5 Å². The molecule has 0 atom stereocenters. The molecule has 0 heterocycles. The third-order valence-corrected chi connectivity index (χ3v) is 3.82. The third-order valence-electron chi connectivity index (χ3n) is 3.82. The van der Waals surface area contributed by atoms with Crippen molar-refractivity contribution in [2.45, 2.75) is 0 Å². The van der Waals surface area contributed by atoms with E-state index in [9.17, 15) is 10.1 Å². The molecule has 122 valence electrons. The normalized spacial score (nSPS) is 11.0.